The number of pyridine rings is 2. The zero-order valence-electron chi connectivity index (χ0n) is 21.8. The fourth-order valence-corrected chi connectivity index (χ4v) is 4.19. The van der Waals surface area contributed by atoms with Crippen LogP contribution in [0.4, 0.5) is 0 Å². The minimum absolute atomic E-state index is 0.00435. The van der Waals surface area contributed by atoms with Crippen molar-refractivity contribution < 1.29 is 0 Å². The van der Waals surface area contributed by atoms with E-state index in [1.807, 2.05) is 0 Å². The topological polar surface area (TPSA) is 25.8 Å². The largest absolute Gasteiger partial charge is 0.246 e. The molecule has 0 spiro atoms. The molecule has 0 radical (unpaired) electrons. The van der Waals surface area contributed by atoms with Crippen molar-refractivity contribution in [3.05, 3.63) is 95.1 Å². The second-order valence-electron chi connectivity index (χ2n) is 11.4. The molecule has 34 heavy (non-hydrogen) atoms. The van der Waals surface area contributed by atoms with Gasteiger partial charge in [0.05, 0.1) is 22.8 Å². The van der Waals surface area contributed by atoms with Crippen molar-refractivity contribution in [3.63, 3.8) is 0 Å². The Balaban J connectivity index is 2.00. The first-order valence-electron chi connectivity index (χ1n) is 12.1. The number of aromatic nitrogens is 2. The van der Waals surface area contributed by atoms with Crippen LogP contribution in [0.15, 0.2) is 72.8 Å². The molecule has 2 aromatic carbocycles. The average molecular weight is 449 g/mol. The molecule has 0 bridgehead atoms. The molecule has 0 saturated heterocycles. The molecule has 0 amide bonds. The van der Waals surface area contributed by atoms with Crippen LogP contribution in [-0.4, -0.2) is 9.97 Å². The van der Waals surface area contributed by atoms with Crippen molar-refractivity contribution in [3.8, 4) is 33.9 Å². The number of benzene rings is 2. The van der Waals surface area contributed by atoms with Crippen molar-refractivity contribution in [1.29, 1.82) is 0 Å². The zero-order valence-corrected chi connectivity index (χ0v) is 21.8. The van der Waals surface area contributed by atoms with E-state index in [1.54, 1.807) is 0 Å². The van der Waals surface area contributed by atoms with Gasteiger partial charge in [0.2, 0.25) is 0 Å². The van der Waals surface area contributed by atoms with Crippen LogP contribution in [0.1, 0.15) is 63.8 Å². The third kappa shape index (κ3) is 4.97. The maximum Gasteiger partial charge on any atom is 0.0897 e. The van der Waals surface area contributed by atoms with Crippen molar-refractivity contribution >= 4 is 0 Å². The summed E-state index contributed by atoms with van der Waals surface area (Å²) in [5, 5.41) is 0. The molecule has 0 N–H and O–H groups in total. The Morgan fingerprint density at radius 2 is 0.794 bits per heavy atom. The predicted molar refractivity (Wildman–Crippen MR) is 145 cm³/mol. The van der Waals surface area contributed by atoms with Crippen LogP contribution in [0.2, 0.25) is 0 Å². The van der Waals surface area contributed by atoms with Gasteiger partial charge in [0.25, 0.3) is 0 Å². The van der Waals surface area contributed by atoms with E-state index in [4.69, 9.17) is 9.97 Å². The molecule has 4 rings (SSSR count). The monoisotopic (exact) mass is 448 g/mol. The highest BCUT2D eigenvalue weighted by molar-refractivity contribution is 5.72. The van der Waals surface area contributed by atoms with E-state index >= 15 is 0 Å². The summed E-state index contributed by atoms with van der Waals surface area (Å²) in [6.07, 6.45) is 0. The van der Waals surface area contributed by atoms with E-state index in [0.29, 0.717) is 0 Å². The summed E-state index contributed by atoms with van der Waals surface area (Å²) in [6, 6.07) is 25.9. The van der Waals surface area contributed by atoms with Crippen LogP contribution in [0, 0.1) is 13.8 Å². The molecule has 0 saturated carbocycles. The van der Waals surface area contributed by atoms with E-state index in [0.717, 1.165) is 22.8 Å². The predicted octanol–water partition coefficient (Wildman–Crippen LogP) is 8.69. The van der Waals surface area contributed by atoms with Crippen LogP contribution in [-0.2, 0) is 10.8 Å². The molecule has 0 aliphatic carbocycles. The molecule has 2 heteroatoms. The van der Waals surface area contributed by atoms with Gasteiger partial charge in [-0.15, -0.1) is 0 Å². The van der Waals surface area contributed by atoms with E-state index in [1.165, 1.54) is 33.4 Å². The standard InChI is InChI=1S/C32H36N2/c1-21-13-9-11-15-25(21)27-17-23(31(3,4)5)19-29(33-27)30-20-24(32(6,7)8)18-28(34-30)26-16-12-10-14-22(26)2/h9-20H,1-8H3. The van der Waals surface area contributed by atoms with Gasteiger partial charge >= 0.3 is 0 Å². The van der Waals surface area contributed by atoms with Gasteiger partial charge < -0.3 is 0 Å². The zero-order chi connectivity index (χ0) is 24.7. The minimum atomic E-state index is -0.00435. The molecule has 0 unspecified atom stereocenters. The molecule has 0 aliphatic rings. The van der Waals surface area contributed by atoms with Crippen molar-refractivity contribution in [2.45, 2.75) is 66.2 Å². The van der Waals surface area contributed by atoms with Gasteiger partial charge in [0.15, 0.2) is 0 Å². The summed E-state index contributed by atoms with van der Waals surface area (Å²) in [5.74, 6) is 0. The average Bonchev–Trinajstić information content (AvgIpc) is 2.78. The fraction of sp³-hybridized carbons (Fsp3) is 0.312. The molecular formula is C32H36N2. The second-order valence-corrected chi connectivity index (χ2v) is 11.4. The Labute approximate surface area is 205 Å². The lowest BCUT2D eigenvalue weighted by Crippen LogP contribution is -2.14. The van der Waals surface area contributed by atoms with Gasteiger partial charge in [-0.1, -0.05) is 90.1 Å². The normalized spacial score (nSPS) is 12.1. The Morgan fingerprint density at radius 3 is 1.12 bits per heavy atom. The highest BCUT2D eigenvalue weighted by Crippen LogP contribution is 2.35. The molecule has 0 fully saturated rings. The Bertz CT molecular complexity index is 1230. The number of aryl methyl sites for hydroxylation is 2. The van der Waals surface area contributed by atoms with Gasteiger partial charge in [-0.2, -0.15) is 0 Å². The highest BCUT2D eigenvalue weighted by Gasteiger charge is 2.21. The van der Waals surface area contributed by atoms with Crippen molar-refractivity contribution in [2.24, 2.45) is 0 Å². The molecule has 2 aromatic heterocycles. The smallest absolute Gasteiger partial charge is 0.0897 e. The summed E-state index contributed by atoms with van der Waals surface area (Å²) in [7, 11) is 0. The molecule has 2 heterocycles. The van der Waals surface area contributed by atoms with E-state index in [-0.39, 0.29) is 10.8 Å². The van der Waals surface area contributed by atoms with Crippen LogP contribution in [0.25, 0.3) is 33.9 Å². The maximum atomic E-state index is 5.17. The van der Waals surface area contributed by atoms with Crippen LogP contribution in [0.5, 0.6) is 0 Å². The summed E-state index contributed by atoms with van der Waals surface area (Å²) < 4.78 is 0. The summed E-state index contributed by atoms with van der Waals surface area (Å²) in [6.45, 7) is 17.8. The van der Waals surface area contributed by atoms with Gasteiger partial charge in [-0.25, -0.2) is 9.97 Å². The molecule has 0 aliphatic heterocycles. The van der Waals surface area contributed by atoms with Crippen LogP contribution < -0.4 is 0 Å². The fourth-order valence-electron chi connectivity index (χ4n) is 4.19. The van der Waals surface area contributed by atoms with Crippen LogP contribution >= 0.6 is 0 Å². The van der Waals surface area contributed by atoms with Crippen LogP contribution in [0.3, 0.4) is 0 Å². The third-order valence-corrected chi connectivity index (χ3v) is 6.49. The molecule has 2 nitrogen and oxygen atoms in total. The Kier molecular flexibility index (Phi) is 6.20. The first kappa shape index (κ1) is 23.9. The molecule has 174 valence electrons. The van der Waals surface area contributed by atoms with Gasteiger partial charge in [0, 0.05) is 11.1 Å². The van der Waals surface area contributed by atoms with Crippen molar-refractivity contribution in [2.75, 3.05) is 0 Å². The maximum absolute atomic E-state index is 5.17. The van der Waals surface area contributed by atoms with Gasteiger partial charge in [-0.05, 0) is 71.2 Å². The summed E-state index contributed by atoms with van der Waals surface area (Å²) in [5.41, 5.74) is 11.1. The molecule has 0 atom stereocenters. The van der Waals surface area contributed by atoms with Gasteiger partial charge in [-0.3, -0.25) is 0 Å². The first-order chi connectivity index (χ1) is 15.9. The second kappa shape index (κ2) is 8.83. The number of hydrogen-bond donors (Lipinski definition) is 0. The summed E-state index contributed by atoms with van der Waals surface area (Å²) >= 11 is 0. The van der Waals surface area contributed by atoms with Gasteiger partial charge in [0.1, 0.15) is 0 Å². The minimum Gasteiger partial charge on any atom is -0.246 e. The number of nitrogens with zero attached hydrogens (tertiary/aromatic N) is 2. The Morgan fingerprint density at radius 1 is 0.471 bits per heavy atom. The number of rotatable bonds is 3. The highest BCUT2D eigenvalue weighted by atomic mass is 14.8. The quantitative estimate of drug-likeness (QED) is 0.313. The Hall–Kier alpha value is -3.26. The van der Waals surface area contributed by atoms with E-state index in [2.05, 4.69) is 128 Å². The lowest BCUT2D eigenvalue weighted by molar-refractivity contribution is 0.588. The van der Waals surface area contributed by atoms with Crippen molar-refractivity contribution in [1.82, 2.24) is 9.97 Å². The van der Waals surface area contributed by atoms with E-state index < -0.39 is 0 Å². The van der Waals surface area contributed by atoms with E-state index in [9.17, 15) is 0 Å². The SMILES string of the molecule is Cc1ccccc1-c1cc(C(C)(C)C)cc(-c2cc(C(C)(C)C)cc(-c3ccccc3C)n2)n1. The lowest BCUT2D eigenvalue weighted by atomic mass is 9.84. The molecule has 4 aromatic rings. The first-order valence-corrected chi connectivity index (χ1v) is 12.1. The molecular weight excluding hydrogens is 412 g/mol. The lowest BCUT2D eigenvalue weighted by Gasteiger charge is -2.23. The number of hydrogen-bond acceptors (Lipinski definition) is 2. The summed E-state index contributed by atoms with van der Waals surface area (Å²) in [4.78, 5) is 10.3. The third-order valence-electron chi connectivity index (χ3n) is 6.49.